The highest BCUT2D eigenvalue weighted by atomic mass is 35.5. The standard InChI is InChI=1S/C15H12ClF3N6O/c1-24-14(21-13(23-24)9-4-2-3-5-10(9)16)20-12(26)8-25-7-6-11(22-25)15(17,18)19/h2-7H,8H2,1H3,(H,20,21,23,26). The molecular weight excluding hydrogens is 373 g/mol. The molecule has 3 aromatic rings. The highest BCUT2D eigenvalue weighted by Gasteiger charge is 2.33. The Bertz CT molecular complexity index is 949. The Balaban J connectivity index is 1.72. The van der Waals surface area contributed by atoms with Crippen molar-refractivity contribution in [2.45, 2.75) is 12.7 Å². The van der Waals surface area contributed by atoms with Crippen LogP contribution in [0.25, 0.3) is 11.4 Å². The molecule has 11 heteroatoms. The number of benzene rings is 1. The van der Waals surface area contributed by atoms with E-state index in [1.165, 1.54) is 4.68 Å². The molecule has 0 spiro atoms. The first-order chi connectivity index (χ1) is 12.2. The minimum atomic E-state index is -4.56. The number of alkyl halides is 3. The van der Waals surface area contributed by atoms with Gasteiger partial charge < -0.3 is 0 Å². The number of carbonyl (C=O) groups is 1. The Morgan fingerprint density at radius 3 is 2.62 bits per heavy atom. The zero-order chi connectivity index (χ0) is 18.9. The van der Waals surface area contributed by atoms with Crippen molar-refractivity contribution < 1.29 is 18.0 Å². The van der Waals surface area contributed by atoms with Gasteiger partial charge in [0.1, 0.15) is 6.54 Å². The lowest BCUT2D eigenvalue weighted by molar-refractivity contribution is -0.141. The third-order valence-corrected chi connectivity index (χ3v) is 3.70. The first kappa shape index (κ1) is 17.9. The van der Waals surface area contributed by atoms with Gasteiger partial charge in [0.05, 0.1) is 5.02 Å². The summed E-state index contributed by atoms with van der Waals surface area (Å²) in [6.45, 7) is -0.398. The number of carbonyl (C=O) groups excluding carboxylic acids is 1. The summed E-state index contributed by atoms with van der Waals surface area (Å²) in [5, 5.41) is 10.4. The number of aryl methyl sites for hydroxylation is 1. The monoisotopic (exact) mass is 384 g/mol. The van der Waals surface area contributed by atoms with E-state index in [1.807, 2.05) is 0 Å². The van der Waals surface area contributed by atoms with Crippen LogP contribution in [0.3, 0.4) is 0 Å². The molecule has 136 valence electrons. The number of hydrogen-bond acceptors (Lipinski definition) is 4. The summed E-state index contributed by atoms with van der Waals surface area (Å²) in [6, 6.07) is 7.74. The minimum Gasteiger partial charge on any atom is -0.293 e. The van der Waals surface area contributed by atoms with Crippen LogP contribution in [-0.2, 0) is 24.6 Å². The van der Waals surface area contributed by atoms with Crippen LogP contribution in [0.2, 0.25) is 5.02 Å². The zero-order valence-corrected chi connectivity index (χ0v) is 14.1. The van der Waals surface area contributed by atoms with Crippen LogP contribution in [0, 0.1) is 0 Å². The molecule has 0 unspecified atom stereocenters. The van der Waals surface area contributed by atoms with E-state index in [0.717, 1.165) is 16.9 Å². The Hall–Kier alpha value is -2.88. The van der Waals surface area contributed by atoms with Gasteiger partial charge in [0, 0.05) is 18.8 Å². The third-order valence-electron chi connectivity index (χ3n) is 3.37. The number of nitrogens with one attached hydrogen (secondary N) is 1. The molecule has 0 atom stereocenters. The predicted octanol–water partition coefficient (Wildman–Crippen LogP) is 2.99. The van der Waals surface area contributed by atoms with Gasteiger partial charge in [-0.2, -0.15) is 23.3 Å². The van der Waals surface area contributed by atoms with Gasteiger partial charge in [0.2, 0.25) is 11.9 Å². The number of hydrogen-bond donors (Lipinski definition) is 1. The number of halogens is 4. The summed E-state index contributed by atoms with van der Waals surface area (Å²) in [7, 11) is 1.57. The first-order valence-electron chi connectivity index (χ1n) is 7.30. The highest BCUT2D eigenvalue weighted by Crippen LogP contribution is 2.27. The lowest BCUT2D eigenvalue weighted by Gasteiger charge is -2.04. The van der Waals surface area contributed by atoms with E-state index in [-0.39, 0.29) is 5.95 Å². The van der Waals surface area contributed by atoms with E-state index in [4.69, 9.17) is 11.6 Å². The van der Waals surface area contributed by atoms with Crippen LogP contribution in [0.1, 0.15) is 5.69 Å². The second-order valence-corrected chi connectivity index (χ2v) is 5.71. The van der Waals surface area contributed by atoms with Gasteiger partial charge in [0.15, 0.2) is 11.5 Å². The van der Waals surface area contributed by atoms with Gasteiger partial charge in [-0.15, -0.1) is 5.10 Å². The summed E-state index contributed by atoms with van der Waals surface area (Å²) in [5.41, 5.74) is -0.475. The van der Waals surface area contributed by atoms with Gasteiger partial charge in [0.25, 0.3) is 0 Å². The van der Waals surface area contributed by atoms with E-state index in [0.29, 0.717) is 16.4 Å². The summed E-state index contributed by atoms with van der Waals surface area (Å²) >= 11 is 6.09. The van der Waals surface area contributed by atoms with E-state index in [1.54, 1.807) is 31.3 Å². The van der Waals surface area contributed by atoms with Gasteiger partial charge in [-0.25, -0.2) is 4.68 Å². The molecule has 0 saturated carbocycles. The number of rotatable bonds is 4. The van der Waals surface area contributed by atoms with Crippen molar-refractivity contribution in [3.05, 3.63) is 47.2 Å². The molecule has 0 aliphatic rings. The molecule has 2 heterocycles. The molecule has 0 aliphatic heterocycles. The van der Waals surface area contributed by atoms with E-state index in [2.05, 4.69) is 20.5 Å². The van der Waals surface area contributed by atoms with Crippen molar-refractivity contribution in [2.24, 2.45) is 7.05 Å². The Morgan fingerprint density at radius 2 is 1.96 bits per heavy atom. The Morgan fingerprint density at radius 1 is 1.23 bits per heavy atom. The molecule has 0 bridgehead atoms. The van der Waals surface area contributed by atoms with Crippen LogP contribution in [0.4, 0.5) is 19.1 Å². The average molecular weight is 385 g/mol. The molecule has 1 aromatic carbocycles. The van der Waals surface area contributed by atoms with Crippen molar-refractivity contribution in [2.75, 3.05) is 5.32 Å². The molecule has 0 radical (unpaired) electrons. The molecule has 2 aromatic heterocycles. The summed E-state index contributed by atoms with van der Waals surface area (Å²) in [5.74, 6) is -0.150. The van der Waals surface area contributed by atoms with Crippen LogP contribution < -0.4 is 5.32 Å². The van der Waals surface area contributed by atoms with Crippen molar-refractivity contribution >= 4 is 23.5 Å². The van der Waals surface area contributed by atoms with Crippen LogP contribution in [0.5, 0.6) is 0 Å². The first-order valence-corrected chi connectivity index (χ1v) is 7.68. The smallest absolute Gasteiger partial charge is 0.293 e. The molecule has 0 saturated heterocycles. The number of aromatic nitrogens is 5. The molecule has 0 aliphatic carbocycles. The van der Waals surface area contributed by atoms with Crippen molar-refractivity contribution in [3.63, 3.8) is 0 Å². The topological polar surface area (TPSA) is 77.6 Å². The fraction of sp³-hybridized carbons (Fsp3) is 0.200. The molecule has 1 amide bonds. The van der Waals surface area contributed by atoms with Crippen LogP contribution >= 0.6 is 11.6 Å². The van der Waals surface area contributed by atoms with Crippen LogP contribution in [-0.4, -0.2) is 30.5 Å². The molecule has 3 rings (SSSR count). The SMILES string of the molecule is Cn1nc(-c2ccccc2Cl)nc1NC(=O)Cn1ccc(C(F)(F)F)n1. The fourth-order valence-corrected chi connectivity index (χ4v) is 2.38. The maximum absolute atomic E-state index is 12.5. The number of nitrogens with zero attached hydrogens (tertiary/aromatic N) is 5. The van der Waals surface area contributed by atoms with E-state index >= 15 is 0 Å². The molecular formula is C15H12ClF3N6O. The summed E-state index contributed by atoms with van der Waals surface area (Å²) in [6.07, 6.45) is -3.48. The number of amides is 1. The molecule has 7 nitrogen and oxygen atoms in total. The maximum Gasteiger partial charge on any atom is 0.435 e. The van der Waals surface area contributed by atoms with Crippen molar-refractivity contribution in [1.82, 2.24) is 24.5 Å². The van der Waals surface area contributed by atoms with Crippen molar-refractivity contribution in [1.29, 1.82) is 0 Å². The van der Waals surface area contributed by atoms with Gasteiger partial charge >= 0.3 is 6.18 Å². The van der Waals surface area contributed by atoms with Crippen molar-refractivity contribution in [3.8, 4) is 11.4 Å². The van der Waals surface area contributed by atoms with E-state index < -0.39 is 24.3 Å². The Kier molecular flexibility index (Phi) is 4.68. The zero-order valence-electron chi connectivity index (χ0n) is 13.3. The minimum absolute atomic E-state index is 0.133. The molecule has 1 N–H and O–H groups in total. The second kappa shape index (κ2) is 6.79. The number of anilines is 1. The van der Waals surface area contributed by atoms with Crippen LogP contribution in [0.15, 0.2) is 36.5 Å². The van der Waals surface area contributed by atoms with Gasteiger partial charge in [-0.05, 0) is 18.2 Å². The Labute approximate surface area is 150 Å². The second-order valence-electron chi connectivity index (χ2n) is 5.31. The normalized spacial score (nSPS) is 11.6. The maximum atomic E-state index is 12.5. The lowest BCUT2D eigenvalue weighted by Crippen LogP contribution is -2.21. The molecule has 0 fully saturated rings. The lowest BCUT2D eigenvalue weighted by atomic mass is 10.2. The van der Waals surface area contributed by atoms with Gasteiger partial charge in [-0.1, -0.05) is 23.7 Å². The molecule has 26 heavy (non-hydrogen) atoms. The largest absolute Gasteiger partial charge is 0.435 e. The van der Waals surface area contributed by atoms with Gasteiger partial charge in [-0.3, -0.25) is 14.8 Å². The predicted molar refractivity (Wildman–Crippen MR) is 87.3 cm³/mol. The third kappa shape index (κ3) is 3.85. The highest BCUT2D eigenvalue weighted by molar-refractivity contribution is 6.33. The quantitative estimate of drug-likeness (QED) is 0.750. The fourth-order valence-electron chi connectivity index (χ4n) is 2.16. The average Bonchev–Trinajstić information content (AvgIpc) is 3.15. The van der Waals surface area contributed by atoms with E-state index in [9.17, 15) is 18.0 Å². The summed E-state index contributed by atoms with van der Waals surface area (Å²) < 4.78 is 39.8. The summed E-state index contributed by atoms with van der Waals surface area (Å²) in [4.78, 5) is 16.2.